The summed E-state index contributed by atoms with van der Waals surface area (Å²) in [6, 6.07) is 4.41. The van der Waals surface area contributed by atoms with E-state index in [0.717, 1.165) is 29.1 Å². The smallest absolute Gasteiger partial charge is 0.175 e. The van der Waals surface area contributed by atoms with Crippen molar-refractivity contribution in [2.24, 2.45) is 11.8 Å². The standard InChI is InChI=1S/C16H22BrNO2/c1-10(2)13-9-18-4-3-12(13)11-7-14(17)16-15(8-11)19-5-6-20-16/h7-8,10,12-13,18H,3-6,9H2,1-2H3. The molecule has 2 aliphatic rings. The van der Waals surface area contributed by atoms with Crippen LogP contribution < -0.4 is 14.8 Å². The molecular formula is C16H22BrNO2. The summed E-state index contributed by atoms with van der Waals surface area (Å²) in [5.41, 5.74) is 1.38. The third kappa shape index (κ3) is 2.68. The van der Waals surface area contributed by atoms with Crippen molar-refractivity contribution in [1.29, 1.82) is 0 Å². The number of benzene rings is 1. The van der Waals surface area contributed by atoms with E-state index in [4.69, 9.17) is 9.47 Å². The lowest BCUT2D eigenvalue weighted by Crippen LogP contribution is -2.38. The van der Waals surface area contributed by atoms with Crippen LogP contribution in [0.25, 0.3) is 0 Å². The maximum atomic E-state index is 5.76. The van der Waals surface area contributed by atoms with Crippen LogP contribution in [0.3, 0.4) is 0 Å². The van der Waals surface area contributed by atoms with Crippen molar-refractivity contribution < 1.29 is 9.47 Å². The predicted molar refractivity (Wildman–Crippen MR) is 83.7 cm³/mol. The Balaban J connectivity index is 1.94. The largest absolute Gasteiger partial charge is 0.486 e. The minimum absolute atomic E-state index is 0.600. The van der Waals surface area contributed by atoms with Crippen LogP contribution >= 0.6 is 15.9 Å². The van der Waals surface area contributed by atoms with E-state index in [-0.39, 0.29) is 0 Å². The Morgan fingerprint density at radius 1 is 1.25 bits per heavy atom. The highest BCUT2D eigenvalue weighted by atomic mass is 79.9. The summed E-state index contributed by atoms with van der Waals surface area (Å²) in [6.07, 6.45) is 1.19. The van der Waals surface area contributed by atoms with Crippen LogP contribution in [0.2, 0.25) is 0 Å². The van der Waals surface area contributed by atoms with E-state index in [2.05, 4.69) is 47.2 Å². The Kier molecular flexibility index (Phi) is 4.22. The molecule has 0 spiro atoms. The molecule has 1 fully saturated rings. The van der Waals surface area contributed by atoms with Crippen molar-refractivity contribution >= 4 is 15.9 Å². The molecular weight excluding hydrogens is 318 g/mol. The van der Waals surface area contributed by atoms with Gasteiger partial charge < -0.3 is 14.8 Å². The van der Waals surface area contributed by atoms with Gasteiger partial charge in [-0.2, -0.15) is 0 Å². The number of piperidine rings is 1. The first-order valence-electron chi connectivity index (χ1n) is 7.46. The SMILES string of the molecule is CC(C)C1CNCCC1c1cc(Br)c2c(c1)OCCO2. The van der Waals surface area contributed by atoms with Gasteiger partial charge in [0.05, 0.1) is 4.47 Å². The van der Waals surface area contributed by atoms with Crippen LogP contribution in [-0.2, 0) is 0 Å². The molecule has 20 heavy (non-hydrogen) atoms. The minimum Gasteiger partial charge on any atom is -0.486 e. The average Bonchev–Trinajstić information content (AvgIpc) is 2.47. The zero-order valence-electron chi connectivity index (χ0n) is 12.1. The first kappa shape index (κ1) is 14.2. The molecule has 0 radical (unpaired) electrons. The molecule has 0 bridgehead atoms. The fourth-order valence-corrected chi connectivity index (χ4v) is 3.92. The van der Waals surface area contributed by atoms with Crippen LogP contribution in [0.4, 0.5) is 0 Å². The zero-order valence-corrected chi connectivity index (χ0v) is 13.7. The van der Waals surface area contributed by atoms with Gasteiger partial charge in [-0.15, -0.1) is 0 Å². The highest BCUT2D eigenvalue weighted by Gasteiger charge is 2.30. The van der Waals surface area contributed by atoms with E-state index in [1.807, 2.05) is 0 Å². The van der Waals surface area contributed by atoms with Crippen LogP contribution in [0, 0.1) is 11.8 Å². The monoisotopic (exact) mass is 339 g/mol. The summed E-state index contributed by atoms with van der Waals surface area (Å²) in [4.78, 5) is 0. The minimum atomic E-state index is 0.600. The summed E-state index contributed by atoms with van der Waals surface area (Å²) in [5.74, 6) is 3.71. The molecule has 0 aromatic heterocycles. The molecule has 0 aliphatic carbocycles. The van der Waals surface area contributed by atoms with E-state index in [1.54, 1.807) is 0 Å². The molecule has 2 aliphatic heterocycles. The van der Waals surface area contributed by atoms with Gasteiger partial charge in [-0.25, -0.2) is 0 Å². The summed E-state index contributed by atoms with van der Waals surface area (Å²) in [6.45, 7) is 8.11. The highest BCUT2D eigenvalue weighted by Crippen LogP contribution is 2.43. The summed E-state index contributed by atoms with van der Waals surface area (Å²) < 4.78 is 12.5. The van der Waals surface area contributed by atoms with Crippen LogP contribution in [-0.4, -0.2) is 26.3 Å². The fourth-order valence-electron chi connectivity index (χ4n) is 3.34. The molecule has 3 nitrogen and oxygen atoms in total. The third-order valence-corrected chi connectivity index (χ3v) is 5.02. The van der Waals surface area contributed by atoms with Gasteiger partial charge in [0.15, 0.2) is 11.5 Å². The number of halogens is 1. The number of nitrogens with one attached hydrogen (secondary N) is 1. The van der Waals surface area contributed by atoms with Gasteiger partial charge in [0.25, 0.3) is 0 Å². The van der Waals surface area contributed by atoms with Crippen LogP contribution in [0.5, 0.6) is 11.5 Å². The van der Waals surface area contributed by atoms with Gasteiger partial charge >= 0.3 is 0 Å². The molecule has 2 unspecified atom stereocenters. The van der Waals surface area contributed by atoms with Crippen LogP contribution in [0.15, 0.2) is 16.6 Å². The summed E-state index contributed by atoms with van der Waals surface area (Å²) >= 11 is 3.64. The second kappa shape index (κ2) is 5.94. The lowest BCUT2D eigenvalue weighted by molar-refractivity contribution is 0.169. The lowest BCUT2D eigenvalue weighted by atomic mass is 9.75. The molecule has 1 aromatic carbocycles. The second-order valence-electron chi connectivity index (χ2n) is 6.03. The number of fused-ring (bicyclic) bond motifs is 1. The van der Waals surface area contributed by atoms with E-state index in [1.165, 1.54) is 12.0 Å². The maximum absolute atomic E-state index is 5.76. The number of hydrogen-bond donors (Lipinski definition) is 1. The quantitative estimate of drug-likeness (QED) is 0.893. The number of rotatable bonds is 2. The third-order valence-electron chi connectivity index (χ3n) is 4.43. The van der Waals surface area contributed by atoms with E-state index in [0.29, 0.717) is 31.0 Å². The average molecular weight is 340 g/mol. The van der Waals surface area contributed by atoms with E-state index >= 15 is 0 Å². The Morgan fingerprint density at radius 2 is 2.05 bits per heavy atom. The predicted octanol–water partition coefficient (Wildman–Crippen LogP) is 3.57. The van der Waals surface area contributed by atoms with Gasteiger partial charge in [-0.05, 0) is 70.9 Å². The van der Waals surface area contributed by atoms with Crippen molar-refractivity contribution in [3.05, 3.63) is 22.2 Å². The van der Waals surface area contributed by atoms with Crippen molar-refractivity contribution in [3.8, 4) is 11.5 Å². The van der Waals surface area contributed by atoms with Gasteiger partial charge in [0, 0.05) is 0 Å². The molecule has 2 heterocycles. The normalized spacial score (nSPS) is 25.8. The second-order valence-corrected chi connectivity index (χ2v) is 6.89. The molecule has 1 aromatic rings. The zero-order chi connectivity index (χ0) is 14.1. The molecule has 1 N–H and O–H groups in total. The molecule has 0 saturated carbocycles. The van der Waals surface area contributed by atoms with Gasteiger partial charge in [0.2, 0.25) is 0 Å². The van der Waals surface area contributed by atoms with Gasteiger partial charge in [-0.1, -0.05) is 13.8 Å². The maximum Gasteiger partial charge on any atom is 0.175 e. The topological polar surface area (TPSA) is 30.5 Å². The van der Waals surface area contributed by atoms with Crippen molar-refractivity contribution in [2.75, 3.05) is 26.3 Å². The summed E-state index contributed by atoms with van der Waals surface area (Å²) in [5, 5.41) is 3.53. The first-order chi connectivity index (χ1) is 9.66. The van der Waals surface area contributed by atoms with Gasteiger partial charge in [0.1, 0.15) is 13.2 Å². The van der Waals surface area contributed by atoms with E-state index in [9.17, 15) is 0 Å². The fraction of sp³-hybridized carbons (Fsp3) is 0.625. The molecule has 0 amide bonds. The summed E-state index contributed by atoms with van der Waals surface area (Å²) in [7, 11) is 0. The number of hydrogen-bond acceptors (Lipinski definition) is 3. The molecule has 110 valence electrons. The van der Waals surface area contributed by atoms with E-state index < -0.39 is 0 Å². The number of ether oxygens (including phenoxy) is 2. The van der Waals surface area contributed by atoms with Crippen molar-refractivity contribution in [3.63, 3.8) is 0 Å². The first-order valence-corrected chi connectivity index (χ1v) is 8.26. The highest BCUT2D eigenvalue weighted by molar-refractivity contribution is 9.10. The molecule has 2 atom stereocenters. The van der Waals surface area contributed by atoms with Crippen LogP contribution in [0.1, 0.15) is 31.7 Å². The Bertz CT molecular complexity index is 490. The van der Waals surface area contributed by atoms with Crippen molar-refractivity contribution in [1.82, 2.24) is 5.32 Å². The Morgan fingerprint density at radius 3 is 2.85 bits per heavy atom. The van der Waals surface area contributed by atoms with Crippen molar-refractivity contribution in [2.45, 2.75) is 26.2 Å². The molecule has 3 rings (SSSR count). The molecule has 4 heteroatoms. The Hall–Kier alpha value is -0.740. The Labute approximate surface area is 129 Å². The van der Waals surface area contributed by atoms with Gasteiger partial charge in [-0.3, -0.25) is 0 Å². The molecule has 1 saturated heterocycles. The lowest BCUT2D eigenvalue weighted by Gasteiger charge is -2.36.